The van der Waals surface area contributed by atoms with Gasteiger partial charge in [0.1, 0.15) is 0 Å². The fourth-order valence-electron chi connectivity index (χ4n) is 2.35. The summed E-state index contributed by atoms with van der Waals surface area (Å²) >= 11 is 0. The minimum absolute atomic E-state index is 0.0151. The third-order valence-electron chi connectivity index (χ3n) is 3.63. The van der Waals surface area contributed by atoms with Crippen molar-refractivity contribution in [1.29, 1.82) is 0 Å². The molecular formula is C16H23N3O3S. The molecule has 0 atom stereocenters. The second-order valence-corrected chi connectivity index (χ2v) is 8.55. The third-order valence-corrected chi connectivity index (χ3v) is 5.21. The van der Waals surface area contributed by atoms with Crippen LogP contribution in [0.4, 0.5) is 0 Å². The first-order valence-electron chi connectivity index (χ1n) is 7.62. The molecule has 0 saturated carbocycles. The number of sulfone groups is 1. The number of benzene rings is 1. The van der Waals surface area contributed by atoms with E-state index in [-0.39, 0.29) is 16.3 Å². The molecule has 1 aromatic heterocycles. The lowest BCUT2D eigenvalue weighted by atomic mass is 9.87. The van der Waals surface area contributed by atoms with E-state index in [1.54, 1.807) is 0 Å². The van der Waals surface area contributed by atoms with E-state index in [2.05, 4.69) is 31.0 Å². The van der Waals surface area contributed by atoms with E-state index >= 15 is 0 Å². The smallest absolute Gasteiger partial charge is 0.266 e. The van der Waals surface area contributed by atoms with Crippen molar-refractivity contribution in [3.63, 3.8) is 0 Å². The lowest BCUT2D eigenvalue weighted by Crippen LogP contribution is -2.21. The summed E-state index contributed by atoms with van der Waals surface area (Å²) in [4.78, 5) is 11.7. The van der Waals surface area contributed by atoms with Crippen molar-refractivity contribution in [3.8, 4) is 0 Å². The van der Waals surface area contributed by atoms with E-state index < -0.39 is 15.5 Å². The fraction of sp³-hybridized carbons (Fsp3) is 0.500. The molecule has 1 heterocycles. The zero-order valence-corrected chi connectivity index (χ0v) is 14.8. The number of nitrogens with zero attached hydrogens (tertiary/aromatic N) is 2. The lowest BCUT2D eigenvalue weighted by Gasteiger charge is -2.19. The first kappa shape index (κ1) is 17.5. The normalized spacial score (nSPS) is 12.5. The average Bonchev–Trinajstić information content (AvgIpc) is 2.81. The van der Waals surface area contributed by atoms with Gasteiger partial charge in [0.15, 0.2) is 0 Å². The Balaban J connectivity index is 2.30. The molecule has 0 bridgehead atoms. The molecule has 0 aliphatic heterocycles. The largest absolute Gasteiger partial charge is 0.344 e. The van der Waals surface area contributed by atoms with Crippen LogP contribution in [0.15, 0.2) is 34.2 Å². The summed E-state index contributed by atoms with van der Waals surface area (Å²) < 4.78 is 26.3. The van der Waals surface area contributed by atoms with Crippen LogP contribution in [0.3, 0.4) is 0 Å². The minimum Gasteiger partial charge on any atom is -0.266 e. The molecule has 23 heavy (non-hydrogen) atoms. The zero-order valence-electron chi connectivity index (χ0n) is 14.0. The Bertz CT molecular complexity index is 825. The van der Waals surface area contributed by atoms with Gasteiger partial charge in [-0.05, 0) is 23.0 Å². The van der Waals surface area contributed by atoms with Crippen molar-refractivity contribution in [2.45, 2.75) is 57.0 Å². The van der Waals surface area contributed by atoms with Gasteiger partial charge in [-0.2, -0.15) is 0 Å². The first-order chi connectivity index (χ1) is 10.6. The highest BCUT2D eigenvalue weighted by atomic mass is 32.2. The second kappa shape index (κ2) is 6.31. The predicted octanol–water partition coefficient (Wildman–Crippen LogP) is 2.25. The van der Waals surface area contributed by atoms with Gasteiger partial charge in [0, 0.05) is 6.54 Å². The maximum Gasteiger partial charge on any atom is 0.344 e. The molecule has 2 aromatic rings. The summed E-state index contributed by atoms with van der Waals surface area (Å²) in [5, 5.41) is 5.73. The van der Waals surface area contributed by atoms with E-state index in [0.717, 1.165) is 5.56 Å². The summed E-state index contributed by atoms with van der Waals surface area (Å²) in [6.45, 7) is 8.51. The van der Waals surface area contributed by atoms with Gasteiger partial charge in [-0.3, -0.25) is 4.57 Å². The molecule has 2 rings (SSSR count). The molecule has 0 spiro atoms. The van der Waals surface area contributed by atoms with E-state index in [0.29, 0.717) is 18.5 Å². The van der Waals surface area contributed by atoms with Crippen LogP contribution in [0.2, 0.25) is 0 Å². The van der Waals surface area contributed by atoms with Gasteiger partial charge in [-0.25, -0.2) is 18.3 Å². The molecule has 1 N–H and O–H groups in total. The topological polar surface area (TPSA) is 84.8 Å². The maximum absolute atomic E-state index is 12.6. The van der Waals surface area contributed by atoms with Crippen LogP contribution < -0.4 is 5.69 Å². The minimum atomic E-state index is -3.67. The van der Waals surface area contributed by atoms with Crippen LogP contribution in [0.25, 0.3) is 0 Å². The summed E-state index contributed by atoms with van der Waals surface area (Å²) in [6.07, 6.45) is 0.655. The lowest BCUT2D eigenvalue weighted by molar-refractivity contribution is 0.550. The van der Waals surface area contributed by atoms with Gasteiger partial charge in [-0.15, -0.1) is 5.10 Å². The third kappa shape index (κ3) is 3.90. The number of H-pyrrole nitrogens is 1. The van der Waals surface area contributed by atoms with Gasteiger partial charge in [-0.1, -0.05) is 52.0 Å². The van der Waals surface area contributed by atoms with Gasteiger partial charge >= 0.3 is 5.69 Å². The highest BCUT2D eigenvalue weighted by Gasteiger charge is 2.24. The molecule has 1 aromatic carbocycles. The van der Waals surface area contributed by atoms with Crippen LogP contribution >= 0.6 is 0 Å². The number of aromatic amines is 1. The number of rotatable bonds is 5. The Hall–Kier alpha value is -1.89. The summed E-state index contributed by atoms with van der Waals surface area (Å²) in [5.41, 5.74) is 1.34. The van der Waals surface area contributed by atoms with Crippen LogP contribution in [0, 0.1) is 0 Å². The van der Waals surface area contributed by atoms with E-state index in [9.17, 15) is 13.2 Å². The Morgan fingerprint density at radius 3 is 2.30 bits per heavy atom. The second-order valence-electron chi connectivity index (χ2n) is 6.67. The molecule has 0 saturated heterocycles. The Kier molecular flexibility index (Phi) is 4.79. The molecule has 0 fully saturated rings. The molecule has 0 aliphatic rings. The Morgan fingerprint density at radius 1 is 1.17 bits per heavy atom. The summed E-state index contributed by atoms with van der Waals surface area (Å²) in [6, 6.07) is 7.50. The van der Waals surface area contributed by atoms with E-state index in [4.69, 9.17) is 0 Å². The Morgan fingerprint density at radius 2 is 1.78 bits per heavy atom. The number of nitrogens with one attached hydrogen (secondary N) is 1. The Labute approximate surface area is 136 Å². The quantitative estimate of drug-likeness (QED) is 0.907. The van der Waals surface area contributed by atoms with Gasteiger partial charge in [0.2, 0.25) is 9.84 Å². The maximum atomic E-state index is 12.6. The molecule has 0 unspecified atom stereocenters. The van der Waals surface area contributed by atoms with Crippen LogP contribution in [-0.4, -0.2) is 23.2 Å². The van der Waals surface area contributed by atoms with Crippen LogP contribution in [0.1, 0.15) is 45.2 Å². The van der Waals surface area contributed by atoms with E-state index in [1.807, 2.05) is 31.2 Å². The standard InChI is InChI=1S/C16H23N3O3S/c1-5-10-19-14(20)17-18-15(19)23(21,22)11-12-6-8-13(9-7-12)16(2,3)4/h6-9H,5,10-11H2,1-4H3,(H,17,20). The van der Waals surface area contributed by atoms with Crippen molar-refractivity contribution in [2.24, 2.45) is 0 Å². The highest BCUT2D eigenvalue weighted by molar-refractivity contribution is 7.90. The van der Waals surface area contributed by atoms with Crippen LogP contribution in [0.5, 0.6) is 0 Å². The molecule has 126 valence electrons. The molecule has 0 radical (unpaired) electrons. The average molecular weight is 337 g/mol. The van der Waals surface area contributed by atoms with Crippen molar-refractivity contribution < 1.29 is 8.42 Å². The molecule has 0 aliphatic carbocycles. The van der Waals surface area contributed by atoms with E-state index in [1.165, 1.54) is 4.57 Å². The van der Waals surface area contributed by atoms with Gasteiger partial charge < -0.3 is 0 Å². The number of aromatic nitrogens is 3. The SMILES string of the molecule is CCCn1c(S(=O)(=O)Cc2ccc(C(C)(C)C)cc2)n[nH]c1=O. The zero-order chi connectivity index (χ0) is 17.3. The number of hydrogen-bond acceptors (Lipinski definition) is 4. The molecule has 6 nitrogen and oxygen atoms in total. The first-order valence-corrected chi connectivity index (χ1v) is 9.28. The number of hydrogen-bond donors (Lipinski definition) is 1. The van der Waals surface area contributed by atoms with Crippen LogP contribution in [-0.2, 0) is 27.5 Å². The predicted molar refractivity (Wildman–Crippen MR) is 89.2 cm³/mol. The van der Waals surface area contributed by atoms with Crippen molar-refractivity contribution >= 4 is 9.84 Å². The summed E-state index contributed by atoms with van der Waals surface area (Å²) in [5.74, 6) is -0.175. The van der Waals surface area contributed by atoms with Crippen molar-refractivity contribution in [3.05, 3.63) is 45.9 Å². The van der Waals surface area contributed by atoms with Gasteiger partial charge in [0.05, 0.1) is 5.75 Å². The summed E-state index contributed by atoms with van der Waals surface area (Å²) in [7, 11) is -3.67. The van der Waals surface area contributed by atoms with Crippen molar-refractivity contribution in [2.75, 3.05) is 0 Å². The highest BCUT2D eigenvalue weighted by Crippen LogP contribution is 2.23. The van der Waals surface area contributed by atoms with Gasteiger partial charge in [0.25, 0.3) is 5.16 Å². The molecule has 7 heteroatoms. The monoisotopic (exact) mass is 337 g/mol. The fourth-order valence-corrected chi connectivity index (χ4v) is 3.80. The van der Waals surface area contributed by atoms with Crippen molar-refractivity contribution in [1.82, 2.24) is 14.8 Å². The molecular weight excluding hydrogens is 314 g/mol. The molecule has 0 amide bonds.